The fourth-order valence-corrected chi connectivity index (χ4v) is 1.71. The summed E-state index contributed by atoms with van der Waals surface area (Å²) in [6.07, 6.45) is 0.0890. The standard InChI is InChI=1S/C10H9BrCl2N2O2/c11-7-2-1-6(13)5-8(7)14-10(17)15-9(16)3-4-12/h1-2,5H,3-4H2,(H2,14,15,16,17). The summed E-state index contributed by atoms with van der Waals surface area (Å²) >= 11 is 14.4. The largest absolute Gasteiger partial charge is 0.325 e. The zero-order valence-electron chi connectivity index (χ0n) is 8.60. The first-order valence-corrected chi connectivity index (χ1v) is 6.35. The van der Waals surface area contributed by atoms with Crippen LogP contribution in [0.3, 0.4) is 0 Å². The number of amides is 3. The van der Waals surface area contributed by atoms with Crippen molar-refractivity contribution in [2.45, 2.75) is 6.42 Å². The summed E-state index contributed by atoms with van der Waals surface area (Å²) < 4.78 is 0.668. The number of nitrogens with one attached hydrogen (secondary N) is 2. The van der Waals surface area contributed by atoms with Crippen LogP contribution in [0.4, 0.5) is 10.5 Å². The average molecular weight is 340 g/mol. The van der Waals surface area contributed by atoms with E-state index >= 15 is 0 Å². The highest BCUT2D eigenvalue weighted by Gasteiger charge is 2.09. The Bertz CT molecular complexity index is 440. The van der Waals surface area contributed by atoms with Crippen LogP contribution in [0.25, 0.3) is 0 Å². The number of hydrogen-bond acceptors (Lipinski definition) is 2. The van der Waals surface area contributed by atoms with Crippen LogP contribution in [-0.2, 0) is 4.79 Å². The molecule has 3 amide bonds. The highest BCUT2D eigenvalue weighted by Crippen LogP contribution is 2.25. The number of alkyl halides is 1. The molecule has 4 nitrogen and oxygen atoms in total. The second kappa shape index (κ2) is 6.83. The van der Waals surface area contributed by atoms with Gasteiger partial charge in [0, 0.05) is 21.8 Å². The van der Waals surface area contributed by atoms with E-state index in [4.69, 9.17) is 23.2 Å². The van der Waals surface area contributed by atoms with Gasteiger partial charge in [0.2, 0.25) is 5.91 Å². The first-order valence-electron chi connectivity index (χ1n) is 4.65. The van der Waals surface area contributed by atoms with E-state index in [2.05, 4.69) is 26.6 Å². The quantitative estimate of drug-likeness (QED) is 0.829. The molecule has 0 saturated heterocycles. The van der Waals surface area contributed by atoms with Gasteiger partial charge in [0.25, 0.3) is 0 Å². The summed E-state index contributed by atoms with van der Waals surface area (Å²) in [4.78, 5) is 22.5. The summed E-state index contributed by atoms with van der Waals surface area (Å²) in [5, 5.41) is 5.12. The zero-order valence-corrected chi connectivity index (χ0v) is 11.7. The number of carbonyl (C=O) groups is 2. The Balaban J connectivity index is 2.62. The summed E-state index contributed by atoms with van der Waals surface area (Å²) in [7, 11) is 0. The van der Waals surface area contributed by atoms with E-state index in [1.54, 1.807) is 18.2 Å². The van der Waals surface area contributed by atoms with Gasteiger partial charge in [-0.2, -0.15) is 0 Å². The van der Waals surface area contributed by atoms with Gasteiger partial charge in [0.05, 0.1) is 5.69 Å². The molecular formula is C10H9BrCl2N2O2. The SMILES string of the molecule is O=C(CCCl)NC(=O)Nc1cc(Cl)ccc1Br. The average Bonchev–Trinajstić information content (AvgIpc) is 2.23. The zero-order chi connectivity index (χ0) is 12.8. The van der Waals surface area contributed by atoms with Gasteiger partial charge in [-0.25, -0.2) is 4.79 Å². The molecule has 2 N–H and O–H groups in total. The van der Waals surface area contributed by atoms with Crippen LogP contribution >= 0.6 is 39.1 Å². The lowest BCUT2D eigenvalue weighted by molar-refractivity contribution is -0.119. The molecule has 92 valence electrons. The highest BCUT2D eigenvalue weighted by molar-refractivity contribution is 9.10. The molecule has 0 unspecified atom stereocenters. The number of halogens is 3. The maximum Gasteiger partial charge on any atom is 0.325 e. The molecule has 0 heterocycles. The van der Waals surface area contributed by atoms with Crippen molar-refractivity contribution in [2.75, 3.05) is 11.2 Å². The predicted molar refractivity (Wildman–Crippen MR) is 71.7 cm³/mol. The highest BCUT2D eigenvalue weighted by atomic mass is 79.9. The lowest BCUT2D eigenvalue weighted by Crippen LogP contribution is -2.34. The fourth-order valence-electron chi connectivity index (χ4n) is 1.02. The van der Waals surface area contributed by atoms with Crippen LogP contribution in [0.1, 0.15) is 6.42 Å². The Morgan fingerprint density at radius 2 is 2.06 bits per heavy atom. The van der Waals surface area contributed by atoms with Gasteiger partial charge in [0.15, 0.2) is 0 Å². The minimum absolute atomic E-state index is 0.0890. The van der Waals surface area contributed by atoms with E-state index in [0.29, 0.717) is 15.2 Å². The topological polar surface area (TPSA) is 58.2 Å². The van der Waals surface area contributed by atoms with Crippen LogP contribution in [0.2, 0.25) is 5.02 Å². The third-order valence-corrected chi connectivity index (χ3v) is 2.87. The number of imide groups is 1. The van der Waals surface area contributed by atoms with Gasteiger partial charge in [0.1, 0.15) is 0 Å². The van der Waals surface area contributed by atoms with Gasteiger partial charge in [-0.15, -0.1) is 11.6 Å². The number of benzene rings is 1. The Morgan fingerprint density at radius 3 is 2.71 bits per heavy atom. The first kappa shape index (κ1) is 14.3. The van der Waals surface area contributed by atoms with E-state index < -0.39 is 11.9 Å². The molecule has 0 saturated carbocycles. The molecule has 17 heavy (non-hydrogen) atoms. The lowest BCUT2D eigenvalue weighted by Gasteiger charge is -2.08. The monoisotopic (exact) mass is 338 g/mol. The van der Waals surface area contributed by atoms with Crippen molar-refractivity contribution in [3.63, 3.8) is 0 Å². The molecular weight excluding hydrogens is 331 g/mol. The number of carbonyl (C=O) groups excluding carboxylic acids is 2. The first-order chi connectivity index (χ1) is 8.02. The third kappa shape index (κ3) is 4.93. The smallest absolute Gasteiger partial charge is 0.306 e. The fraction of sp³-hybridized carbons (Fsp3) is 0.200. The van der Waals surface area contributed by atoms with E-state index in [9.17, 15) is 9.59 Å². The number of urea groups is 1. The van der Waals surface area contributed by atoms with Crippen molar-refractivity contribution in [1.29, 1.82) is 0 Å². The molecule has 1 aromatic carbocycles. The molecule has 1 rings (SSSR count). The molecule has 7 heteroatoms. The van der Waals surface area contributed by atoms with Crippen molar-refractivity contribution in [3.05, 3.63) is 27.7 Å². The van der Waals surface area contributed by atoms with Gasteiger partial charge >= 0.3 is 6.03 Å². The molecule has 0 fully saturated rings. The van der Waals surface area contributed by atoms with Crippen molar-refractivity contribution >= 4 is 56.8 Å². The Hall–Kier alpha value is -0.780. The number of hydrogen-bond donors (Lipinski definition) is 2. The molecule has 0 atom stereocenters. The van der Waals surface area contributed by atoms with Gasteiger partial charge in [-0.05, 0) is 34.1 Å². The predicted octanol–water partition coefficient (Wildman–Crippen LogP) is 3.38. The van der Waals surface area contributed by atoms with Crippen molar-refractivity contribution in [1.82, 2.24) is 5.32 Å². The van der Waals surface area contributed by atoms with Gasteiger partial charge in [-0.3, -0.25) is 10.1 Å². The normalized spacial score (nSPS) is 9.82. The minimum atomic E-state index is -0.622. The number of anilines is 1. The summed E-state index contributed by atoms with van der Waals surface area (Å²) in [6, 6.07) is 4.31. The van der Waals surface area contributed by atoms with Crippen LogP contribution in [0.5, 0.6) is 0 Å². The molecule has 0 aromatic heterocycles. The molecule has 0 aliphatic carbocycles. The Morgan fingerprint density at radius 1 is 1.35 bits per heavy atom. The third-order valence-electron chi connectivity index (χ3n) is 1.75. The maximum absolute atomic E-state index is 11.4. The van der Waals surface area contributed by atoms with E-state index in [1.165, 1.54) is 0 Å². The van der Waals surface area contributed by atoms with Crippen molar-refractivity contribution in [2.24, 2.45) is 0 Å². The summed E-state index contributed by atoms with van der Waals surface area (Å²) in [5.74, 6) is -0.268. The molecule has 0 radical (unpaired) electrons. The van der Waals surface area contributed by atoms with Crippen LogP contribution in [-0.4, -0.2) is 17.8 Å². The Labute approximate surface area is 117 Å². The van der Waals surface area contributed by atoms with E-state index in [0.717, 1.165) is 0 Å². The van der Waals surface area contributed by atoms with E-state index in [1.807, 2.05) is 0 Å². The second-order valence-corrected chi connectivity index (χ2v) is 4.73. The van der Waals surface area contributed by atoms with Crippen molar-refractivity contribution < 1.29 is 9.59 Å². The van der Waals surface area contributed by atoms with Crippen LogP contribution in [0.15, 0.2) is 22.7 Å². The molecule has 0 aliphatic rings. The maximum atomic E-state index is 11.4. The second-order valence-electron chi connectivity index (χ2n) is 3.07. The Kier molecular flexibility index (Phi) is 5.74. The number of rotatable bonds is 3. The molecule has 0 bridgehead atoms. The van der Waals surface area contributed by atoms with E-state index in [-0.39, 0.29) is 12.3 Å². The van der Waals surface area contributed by atoms with Crippen LogP contribution in [0, 0.1) is 0 Å². The van der Waals surface area contributed by atoms with Gasteiger partial charge < -0.3 is 5.32 Å². The summed E-state index contributed by atoms with van der Waals surface area (Å²) in [6.45, 7) is 0. The van der Waals surface area contributed by atoms with Gasteiger partial charge in [-0.1, -0.05) is 11.6 Å². The van der Waals surface area contributed by atoms with Crippen molar-refractivity contribution in [3.8, 4) is 0 Å². The molecule has 0 spiro atoms. The summed E-state index contributed by atoms with van der Waals surface area (Å²) in [5.41, 5.74) is 0.480. The lowest BCUT2D eigenvalue weighted by atomic mass is 10.3. The minimum Gasteiger partial charge on any atom is -0.306 e. The van der Waals surface area contributed by atoms with Crippen LogP contribution < -0.4 is 10.6 Å². The molecule has 1 aromatic rings. The molecule has 0 aliphatic heterocycles.